The Bertz CT molecular complexity index is 568. The fourth-order valence-electron chi connectivity index (χ4n) is 1.25. The molecule has 0 unspecified atom stereocenters. The Labute approximate surface area is 105 Å². The van der Waals surface area contributed by atoms with Gasteiger partial charge in [0.05, 0.1) is 11.3 Å². The number of halogens is 2. The van der Waals surface area contributed by atoms with Crippen molar-refractivity contribution < 1.29 is 13.6 Å². The third-order valence-corrected chi connectivity index (χ3v) is 2.67. The normalized spacial score (nSPS) is 10.3. The summed E-state index contributed by atoms with van der Waals surface area (Å²) < 4.78 is 18.2. The van der Waals surface area contributed by atoms with Crippen molar-refractivity contribution in [3.8, 4) is 0 Å². The van der Waals surface area contributed by atoms with Crippen LogP contribution in [0.1, 0.15) is 16.1 Å². The zero-order valence-corrected chi connectivity index (χ0v) is 10.4. The van der Waals surface area contributed by atoms with E-state index in [9.17, 15) is 9.18 Å². The highest BCUT2D eigenvalue weighted by molar-refractivity contribution is 9.10. The first-order valence-electron chi connectivity index (χ1n) is 4.75. The quantitative estimate of drug-likeness (QED) is 0.927. The van der Waals surface area contributed by atoms with Crippen LogP contribution in [0.3, 0.4) is 0 Å². The maximum atomic E-state index is 12.8. The average Bonchev–Trinajstić information content (AvgIpc) is 2.63. The van der Waals surface area contributed by atoms with Crippen LogP contribution in [-0.4, -0.2) is 10.9 Å². The first-order valence-corrected chi connectivity index (χ1v) is 5.54. The summed E-state index contributed by atoms with van der Waals surface area (Å²) in [5, 5.41) is 2.47. The summed E-state index contributed by atoms with van der Waals surface area (Å²) in [5.74, 6) is -0.834. The number of rotatable bonds is 2. The van der Waals surface area contributed by atoms with Gasteiger partial charge in [0, 0.05) is 4.47 Å². The van der Waals surface area contributed by atoms with Crippen LogP contribution >= 0.6 is 15.9 Å². The number of aryl methyl sites for hydroxylation is 1. The second-order valence-electron chi connectivity index (χ2n) is 3.37. The van der Waals surface area contributed by atoms with Crippen LogP contribution in [0.15, 0.2) is 33.4 Å². The van der Waals surface area contributed by atoms with Gasteiger partial charge >= 0.3 is 6.01 Å². The zero-order chi connectivity index (χ0) is 12.4. The highest BCUT2D eigenvalue weighted by Gasteiger charge is 2.13. The second kappa shape index (κ2) is 4.67. The lowest BCUT2D eigenvalue weighted by atomic mass is 10.2. The van der Waals surface area contributed by atoms with Crippen molar-refractivity contribution in [3.05, 3.63) is 46.0 Å². The van der Waals surface area contributed by atoms with Gasteiger partial charge in [0.15, 0.2) is 0 Å². The highest BCUT2D eigenvalue weighted by atomic mass is 79.9. The molecule has 1 aromatic heterocycles. The number of carbonyl (C=O) groups is 1. The fraction of sp³-hybridized carbons (Fsp3) is 0.0909. The molecule has 2 rings (SSSR count). The van der Waals surface area contributed by atoms with Gasteiger partial charge in [-0.2, -0.15) is 4.98 Å². The van der Waals surface area contributed by atoms with Crippen molar-refractivity contribution in [1.82, 2.24) is 4.98 Å². The number of nitrogens with one attached hydrogen (secondary N) is 1. The van der Waals surface area contributed by atoms with E-state index in [1.165, 1.54) is 24.5 Å². The lowest BCUT2D eigenvalue weighted by molar-refractivity contribution is 0.102. The Hall–Kier alpha value is -1.69. The van der Waals surface area contributed by atoms with Crippen molar-refractivity contribution in [2.75, 3.05) is 5.32 Å². The van der Waals surface area contributed by atoms with E-state index in [1.807, 2.05) is 0 Å². The molecule has 1 amide bonds. The number of carbonyl (C=O) groups excluding carboxylic acids is 1. The third-order valence-electron chi connectivity index (χ3n) is 2.02. The molecule has 2 aromatic rings. The van der Waals surface area contributed by atoms with E-state index >= 15 is 0 Å². The molecule has 4 nitrogen and oxygen atoms in total. The number of oxazole rings is 1. The Morgan fingerprint density at radius 1 is 1.53 bits per heavy atom. The van der Waals surface area contributed by atoms with E-state index in [0.29, 0.717) is 15.7 Å². The third kappa shape index (κ3) is 2.71. The standard InChI is InChI=1S/C11H8BrFN2O2/c1-6-5-17-11(14-6)15-10(16)8-3-2-7(13)4-9(8)12/h2-5H,1H3,(H,14,15,16). The van der Waals surface area contributed by atoms with Gasteiger partial charge in [-0.1, -0.05) is 0 Å². The van der Waals surface area contributed by atoms with Crippen LogP contribution in [0.5, 0.6) is 0 Å². The minimum Gasteiger partial charge on any atom is -0.432 e. The minimum absolute atomic E-state index is 0.115. The highest BCUT2D eigenvalue weighted by Crippen LogP contribution is 2.19. The summed E-state index contributed by atoms with van der Waals surface area (Å²) in [5.41, 5.74) is 0.973. The first kappa shape index (κ1) is 11.8. The van der Waals surface area contributed by atoms with Crippen LogP contribution in [0.4, 0.5) is 10.4 Å². The molecule has 0 aliphatic rings. The summed E-state index contributed by atoms with van der Waals surface area (Å²) >= 11 is 3.11. The number of hydrogen-bond donors (Lipinski definition) is 1. The van der Waals surface area contributed by atoms with Crippen molar-refractivity contribution >= 4 is 27.9 Å². The smallest absolute Gasteiger partial charge is 0.301 e. The maximum Gasteiger partial charge on any atom is 0.301 e. The van der Waals surface area contributed by atoms with Crippen LogP contribution in [-0.2, 0) is 0 Å². The number of nitrogens with zero attached hydrogens (tertiary/aromatic N) is 1. The molecule has 0 spiro atoms. The van der Waals surface area contributed by atoms with Crippen LogP contribution in [0, 0.1) is 12.7 Å². The van der Waals surface area contributed by atoms with E-state index < -0.39 is 11.7 Å². The summed E-state index contributed by atoms with van der Waals surface area (Å²) in [6.07, 6.45) is 1.43. The first-order chi connectivity index (χ1) is 8.06. The van der Waals surface area contributed by atoms with E-state index in [1.54, 1.807) is 6.92 Å². The largest absolute Gasteiger partial charge is 0.432 e. The predicted octanol–water partition coefficient (Wildman–Crippen LogP) is 3.14. The topological polar surface area (TPSA) is 55.1 Å². The molecule has 0 saturated carbocycles. The summed E-state index contributed by atoms with van der Waals surface area (Å²) in [6.45, 7) is 1.74. The molecule has 0 saturated heterocycles. The molecule has 0 bridgehead atoms. The minimum atomic E-state index is -0.418. The lowest BCUT2D eigenvalue weighted by Gasteiger charge is -2.03. The zero-order valence-electron chi connectivity index (χ0n) is 8.83. The van der Waals surface area contributed by atoms with Gasteiger partial charge in [0.1, 0.15) is 12.1 Å². The number of hydrogen-bond acceptors (Lipinski definition) is 3. The Balaban J connectivity index is 2.20. The van der Waals surface area contributed by atoms with Gasteiger partial charge in [0.25, 0.3) is 5.91 Å². The molecule has 0 aliphatic carbocycles. The SMILES string of the molecule is Cc1coc(NC(=O)c2ccc(F)cc2Br)n1. The van der Waals surface area contributed by atoms with Gasteiger partial charge in [-0.3, -0.25) is 10.1 Å². The van der Waals surface area contributed by atoms with Gasteiger partial charge in [0.2, 0.25) is 0 Å². The van der Waals surface area contributed by atoms with Crippen molar-refractivity contribution in [1.29, 1.82) is 0 Å². The Morgan fingerprint density at radius 3 is 2.88 bits per heavy atom. The number of anilines is 1. The second-order valence-corrected chi connectivity index (χ2v) is 4.23. The average molecular weight is 299 g/mol. The van der Waals surface area contributed by atoms with E-state index in [0.717, 1.165) is 0 Å². The molecule has 1 aromatic carbocycles. The molecule has 88 valence electrons. The van der Waals surface area contributed by atoms with Gasteiger partial charge in [-0.05, 0) is 41.1 Å². The van der Waals surface area contributed by atoms with Crippen LogP contribution in [0.2, 0.25) is 0 Å². The van der Waals surface area contributed by atoms with E-state index in [2.05, 4.69) is 26.2 Å². The molecule has 1 N–H and O–H groups in total. The van der Waals surface area contributed by atoms with Crippen molar-refractivity contribution in [2.45, 2.75) is 6.92 Å². The summed E-state index contributed by atoms with van der Waals surface area (Å²) in [4.78, 5) is 15.7. The molecular formula is C11H8BrFN2O2. The van der Waals surface area contributed by atoms with Crippen molar-refractivity contribution in [3.63, 3.8) is 0 Å². The Kier molecular flexibility index (Phi) is 3.23. The van der Waals surface area contributed by atoms with E-state index in [-0.39, 0.29) is 6.01 Å². The molecule has 0 atom stereocenters. The van der Waals surface area contributed by atoms with Crippen molar-refractivity contribution in [2.24, 2.45) is 0 Å². The molecule has 6 heteroatoms. The Morgan fingerprint density at radius 2 is 2.29 bits per heavy atom. The molecule has 0 radical (unpaired) electrons. The lowest BCUT2D eigenvalue weighted by Crippen LogP contribution is -2.12. The molecule has 0 aliphatic heterocycles. The molecule has 1 heterocycles. The number of amides is 1. The maximum absolute atomic E-state index is 12.8. The molecule has 0 fully saturated rings. The van der Waals surface area contributed by atoms with Gasteiger partial charge < -0.3 is 4.42 Å². The fourth-order valence-corrected chi connectivity index (χ4v) is 1.78. The molecular weight excluding hydrogens is 291 g/mol. The number of aromatic nitrogens is 1. The van der Waals surface area contributed by atoms with Gasteiger partial charge in [-0.15, -0.1) is 0 Å². The summed E-state index contributed by atoms with van der Waals surface area (Å²) in [7, 11) is 0. The van der Waals surface area contributed by atoms with Crippen LogP contribution < -0.4 is 5.32 Å². The van der Waals surface area contributed by atoms with Crippen LogP contribution in [0.25, 0.3) is 0 Å². The summed E-state index contributed by atoms with van der Waals surface area (Å²) in [6, 6.07) is 3.92. The monoisotopic (exact) mass is 298 g/mol. The van der Waals surface area contributed by atoms with E-state index in [4.69, 9.17) is 4.42 Å². The van der Waals surface area contributed by atoms with Gasteiger partial charge in [-0.25, -0.2) is 4.39 Å². The predicted molar refractivity (Wildman–Crippen MR) is 63.3 cm³/mol. The number of benzene rings is 1. The molecule has 17 heavy (non-hydrogen) atoms.